The van der Waals surface area contributed by atoms with Crippen LogP contribution < -0.4 is 5.32 Å². The molecule has 2 aromatic heterocycles. The summed E-state index contributed by atoms with van der Waals surface area (Å²) in [7, 11) is 1.87. The van der Waals surface area contributed by atoms with Gasteiger partial charge in [0.15, 0.2) is 0 Å². The van der Waals surface area contributed by atoms with Crippen LogP contribution in [-0.2, 0) is 7.05 Å². The predicted molar refractivity (Wildman–Crippen MR) is 98.2 cm³/mol. The first-order valence-corrected chi connectivity index (χ1v) is 9.06. The van der Waals surface area contributed by atoms with E-state index in [1.807, 2.05) is 19.3 Å². The van der Waals surface area contributed by atoms with Crippen LogP contribution in [-0.4, -0.2) is 51.8 Å². The normalized spacial score (nSPS) is 18.2. The first-order chi connectivity index (χ1) is 12.1. The Hall–Kier alpha value is -2.21. The fourth-order valence-electron chi connectivity index (χ4n) is 3.39. The Balaban J connectivity index is 1.48. The summed E-state index contributed by atoms with van der Waals surface area (Å²) in [4.78, 5) is 19.1. The van der Waals surface area contributed by atoms with E-state index in [-0.39, 0.29) is 5.91 Å². The van der Waals surface area contributed by atoms with Crippen LogP contribution in [0.25, 0.3) is 11.1 Å². The van der Waals surface area contributed by atoms with Crippen molar-refractivity contribution < 1.29 is 4.79 Å². The van der Waals surface area contributed by atoms with Crippen molar-refractivity contribution in [3.8, 4) is 11.1 Å². The molecule has 0 saturated carbocycles. The van der Waals surface area contributed by atoms with Gasteiger partial charge in [0.05, 0.1) is 11.8 Å². The molecular weight excluding hydrogens is 314 g/mol. The molecule has 25 heavy (non-hydrogen) atoms. The number of piperidine rings is 1. The molecule has 1 atom stereocenters. The SMILES string of the molecule is CC1CCCN(CCCNC(=O)c2cncc(-c3cnn(C)c3)c2)C1. The van der Waals surface area contributed by atoms with E-state index < -0.39 is 0 Å². The highest BCUT2D eigenvalue weighted by atomic mass is 16.1. The van der Waals surface area contributed by atoms with Crippen molar-refractivity contribution in [2.75, 3.05) is 26.2 Å². The Bertz CT molecular complexity index is 711. The minimum absolute atomic E-state index is 0.0646. The first kappa shape index (κ1) is 17.6. The number of nitrogens with zero attached hydrogens (tertiary/aromatic N) is 4. The van der Waals surface area contributed by atoms with Crippen LogP contribution in [0.15, 0.2) is 30.9 Å². The summed E-state index contributed by atoms with van der Waals surface area (Å²) in [6.45, 7) is 6.44. The molecule has 1 aliphatic rings. The second-order valence-corrected chi connectivity index (χ2v) is 7.02. The van der Waals surface area contributed by atoms with Gasteiger partial charge in [0.25, 0.3) is 5.91 Å². The fraction of sp³-hybridized carbons (Fsp3) is 0.526. The van der Waals surface area contributed by atoms with Crippen molar-refractivity contribution in [1.82, 2.24) is 25.0 Å². The second kappa shape index (κ2) is 8.25. The van der Waals surface area contributed by atoms with Gasteiger partial charge in [-0.25, -0.2) is 0 Å². The minimum Gasteiger partial charge on any atom is -0.352 e. The molecule has 1 saturated heterocycles. The van der Waals surface area contributed by atoms with Gasteiger partial charge in [-0.05, 0) is 44.3 Å². The van der Waals surface area contributed by atoms with Crippen LogP contribution in [0.1, 0.15) is 36.5 Å². The van der Waals surface area contributed by atoms with Gasteiger partial charge in [-0.1, -0.05) is 6.92 Å². The second-order valence-electron chi connectivity index (χ2n) is 7.02. The Morgan fingerprint density at radius 3 is 2.96 bits per heavy atom. The third-order valence-electron chi connectivity index (χ3n) is 4.72. The maximum Gasteiger partial charge on any atom is 0.252 e. The minimum atomic E-state index is -0.0646. The molecule has 1 unspecified atom stereocenters. The summed E-state index contributed by atoms with van der Waals surface area (Å²) < 4.78 is 1.74. The molecule has 6 heteroatoms. The third kappa shape index (κ3) is 4.89. The zero-order chi connectivity index (χ0) is 17.6. The molecule has 2 aromatic rings. The van der Waals surface area contributed by atoms with Crippen LogP contribution in [0.3, 0.4) is 0 Å². The number of pyridine rings is 1. The van der Waals surface area contributed by atoms with E-state index in [0.29, 0.717) is 12.1 Å². The van der Waals surface area contributed by atoms with Gasteiger partial charge >= 0.3 is 0 Å². The number of likely N-dealkylation sites (tertiary alicyclic amines) is 1. The molecule has 0 radical (unpaired) electrons. The molecule has 3 rings (SSSR count). The van der Waals surface area contributed by atoms with Crippen LogP contribution in [0, 0.1) is 5.92 Å². The van der Waals surface area contributed by atoms with Crippen molar-refractivity contribution in [1.29, 1.82) is 0 Å². The first-order valence-electron chi connectivity index (χ1n) is 9.06. The topological polar surface area (TPSA) is 63.1 Å². The molecule has 1 aliphatic heterocycles. The molecule has 0 aliphatic carbocycles. The maximum absolute atomic E-state index is 12.4. The number of carbonyl (C=O) groups excluding carboxylic acids is 1. The van der Waals surface area contributed by atoms with Crippen LogP contribution >= 0.6 is 0 Å². The van der Waals surface area contributed by atoms with E-state index in [2.05, 4.69) is 27.2 Å². The highest BCUT2D eigenvalue weighted by Crippen LogP contribution is 2.18. The van der Waals surface area contributed by atoms with Crippen molar-refractivity contribution in [2.24, 2.45) is 13.0 Å². The van der Waals surface area contributed by atoms with Crippen molar-refractivity contribution in [3.63, 3.8) is 0 Å². The highest BCUT2D eigenvalue weighted by Gasteiger charge is 2.15. The van der Waals surface area contributed by atoms with Gasteiger partial charge in [0.2, 0.25) is 0 Å². The Morgan fingerprint density at radius 1 is 1.32 bits per heavy atom. The van der Waals surface area contributed by atoms with E-state index in [1.54, 1.807) is 23.3 Å². The molecular formula is C19H27N5O. The zero-order valence-corrected chi connectivity index (χ0v) is 15.1. The van der Waals surface area contributed by atoms with Gasteiger partial charge in [-0.15, -0.1) is 0 Å². The fourth-order valence-corrected chi connectivity index (χ4v) is 3.39. The molecule has 3 heterocycles. The van der Waals surface area contributed by atoms with Gasteiger partial charge < -0.3 is 10.2 Å². The number of hydrogen-bond donors (Lipinski definition) is 1. The smallest absolute Gasteiger partial charge is 0.252 e. The average Bonchev–Trinajstić information content (AvgIpc) is 3.05. The number of nitrogens with one attached hydrogen (secondary N) is 1. The number of carbonyl (C=O) groups is 1. The van der Waals surface area contributed by atoms with E-state index >= 15 is 0 Å². The monoisotopic (exact) mass is 341 g/mol. The zero-order valence-electron chi connectivity index (χ0n) is 15.1. The Morgan fingerprint density at radius 2 is 2.20 bits per heavy atom. The van der Waals surface area contributed by atoms with Gasteiger partial charge in [-0.3, -0.25) is 14.5 Å². The Labute approximate surface area is 149 Å². The summed E-state index contributed by atoms with van der Waals surface area (Å²) in [5.41, 5.74) is 2.46. The predicted octanol–water partition coefficient (Wildman–Crippen LogP) is 2.33. The van der Waals surface area contributed by atoms with Crippen LogP contribution in [0.4, 0.5) is 0 Å². The van der Waals surface area contributed by atoms with Crippen LogP contribution in [0.5, 0.6) is 0 Å². The molecule has 1 amide bonds. The summed E-state index contributed by atoms with van der Waals surface area (Å²) in [6, 6.07) is 1.87. The van der Waals surface area contributed by atoms with Crippen molar-refractivity contribution in [3.05, 3.63) is 36.4 Å². The van der Waals surface area contributed by atoms with Crippen molar-refractivity contribution in [2.45, 2.75) is 26.2 Å². The molecule has 6 nitrogen and oxygen atoms in total. The number of rotatable bonds is 6. The van der Waals surface area contributed by atoms with E-state index in [1.165, 1.54) is 25.9 Å². The van der Waals surface area contributed by atoms with Gasteiger partial charge in [0, 0.05) is 49.9 Å². The molecule has 0 spiro atoms. The summed E-state index contributed by atoms with van der Waals surface area (Å²) >= 11 is 0. The number of amides is 1. The molecule has 134 valence electrons. The van der Waals surface area contributed by atoms with E-state index in [4.69, 9.17) is 0 Å². The van der Waals surface area contributed by atoms with Crippen LogP contribution in [0.2, 0.25) is 0 Å². The van der Waals surface area contributed by atoms with Gasteiger partial charge in [0.1, 0.15) is 0 Å². The lowest BCUT2D eigenvalue weighted by molar-refractivity contribution is 0.0949. The number of hydrogen-bond acceptors (Lipinski definition) is 4. The summed E-state index contributed by atoms with van der Waals surface area (Å²) in [6.07, 6.45) is 10.7. The standard InChI is InChI=1S/C19H27N5O/c1-15-5-3-7-24(13-15)8-4-6-21-19(25)17-9-16(10-20-11-17)18-12-22-23(2)14-18/h9-12,14-15H,3-8,13H2,1-2H3,(H,21,25). The largest absolute Gasteiger partial charge is 0.352 e. The number of aromatic nitrogens is 3. The Kier molecular flexibility index (Phi) is 5.81. The molecule has 0 aromatic carbocycles. The lowest BCUT2D eigenvalue weighted by Gasteiger charge is -2.30. The summed E-state index contributed by atoms with van der Waals surface area (Å²) in [5, 5.41) is 7.17. The maximum atomic E-state index is 12.4. The van der Waals surface area contributed by atoms with E-state index in [9.17, 15) is 4.79 Å². The quantitative estimate of drug-likeness (QED) is 0.819. The van der Waals surface area contributed by atoms with E-state index in [0.717, 1.165) is 30.0 Å². The number of aryl methyl sites for hydroxylation is 1. The summed E-state index contributed by atoms with van der Waals surface area (Å²) in [5.74, 6) is 0.731. The highest BCUT2D eigenvalue weighted by molar-refractivity contribution is 5.94. The van der Waals surface area contributed by atoms with Gasteiger partial charge in [-0.2, -0.15) is 5.10 Å². The van der Waals surface area contributed by atoms with Crippen molar-refractivity contribution >= 4 is 5.91 Å². The molecule has 0 bridgehead atoms. The lowest BCUT2D eigenvalue weighted by atomic mass is 10.0. The molecule has 1 fully saturated rings. The lowest BCUT2D eigenvalue weighted by Crippen LogP contribution is -2.36. The molecule has 1 N–H and O–H groups in total. The third-order valence-corrected chi connectivity index (χ3v) is 4.72. The average molecular weight is 341 g/mol.